The third-order valence-corrected chi connectivity index (χ3v) is 4.84. The highest BCUT2D eigenvalue weighted by Gasteiger charge is 2.45. The second kappa shape index (κ2) is 7.35. The van der Waals surface area contributed by atoms with E-state index in [-0.39, 0.29) is 23.6 Å². The third-order valence-electron chi connectivity index (χ3n) is 4.84. The van der Waals surface area contributed by atoms with E-state index < -0.39 is 29.4 Å². The number of hydrogen-bond donors (Lipinski definition) is 0. The smallest absolute Gasteiger partial charge is 0.417 e. The highest BCUT2D eigenvalue weighted by atomic mass is 19.4. The van der Waals surface area contributed by atoms with Gasteiger partial charge in [0.05, 0.1) is 30.9 Å². The fourth-order valence-electron chi connectivity index (χ4n) is 3.66. The van der Waals surface area contributed by atoms with E-state index in [9.17, 15) is 22.8 Å². The Hall–Kier alpha value is -2.16. The molecule has 0 N–H and O–H groups in total. The van der Waals surface area contributed by atoms with Gasteiger partial charge in [-0.1, -0.05) is 0 Å². The minimum absolute atomic E-state index is 0.00251. The Labute approximate surface area is 161 Å². The fourth-order valence-corrected chi connectivity index (χ4v) is 3.66. The Kier molecular flexibility index (Phi) is 5.40. The van der Waals surface area contributed by atoms with Crippen LogP contribution in [-0.2, 0) is 15.7 Å². The lowest BCUT2D eigenvalue weighted by Crippen LogP contribution is -2.60. The largest absolute Gasteiger partial charge is 0.444 e. The average molecular weight is 400 g/mol. The molecule has 0 radical (unpaired) electrons. The first-order valence-electron chi connectivity index (χ1n) is 9.12. The molecule has 0 aliphatic carbocycles. The van der Waals surface area contributed by atoms with Gasteiger partial charge in [0.25, 0.3) is 0 Å². The molecule has 1 amide bonds. The lowest BCUT2D eigenvalue weighted by Gasteiger charge is -2.47. The van der Waals surface area contributed by atoms with Crippen LogP contribution in [-0.4, -0.2) is 52.7 Å². The number of pyridine rings is 1. The molecule has 2 fully saturated rings. The van der Waals surface area contributed by atoms with Gasteiger partial charge in [-0.2, -0.15) is 13.2 Å². The maximum atomic E-state index is 12.8. The van der Waals surface area contributed by atoms with Crippen LogP contribution >= 0.6 is 0 Å². The summed E-state index contributed by atoms with van der Waals surface area (Å²) in [6.45, 7) is 5.93. The molecule has 0 aromatic carbocycles. The molecule has 2 unspecified atom stereocenters. The zero-order valence-corrected chi connectivity index (χ0v) is 16.0. The van der Waals surface area contributed by atoms with Gasteiger partial charge >= 0.3 is 12.3 Å². The molecule has 0 spiro atoms. The summed E-state index contributed by atoms with van der Waals surface area (Å²) in [7, 11) is 0. The molecule has 28 heavy (non-hydrogen) atoms. The number of aromatic nitrogens is 1. The predicted molar refractivity (Wildman–Crippen MR) is 92.8 cm³/mol. The van der Waals surface area contributed by atoms with Crippen LogP contribution in [0.4, 0.5) is 18.0 Å². The first-order valence-corrected chi connectivity index (χ1v) is 9.12. The van der Waals surface area contributed by atoms with E-state index in [1.54, 1.807) is 25.7 Å². The molecule has 2 aliphatic rings. The van der Waals surface area contributed by atoms with Crippen LogP contribution in [0.25, 0.3) is 0 Å². The Morgan fingerprint density at radius 1 is 1.14 bits per heavy atom. The second-order valence-electron chi connectivity index (χ2n) is 8.20. The maximum absolute atomic E-state index is 12.8. The number of piperidine rings is 1. The van der Waals surface area contributed by atoms with E-state index in [1.807, 2.05) is 0 Å². The van der Waals surface area contributed by atoms with E-state index in [1.165, 1.54) is 0 Å². The van der Waals surface area contributed by atoms with Crippen molar-refractivity contribution in [2.75, 3.05) is 13.2 Å². The molecular weight excluding hydrogens is 377 g/mol. The Morgan fingerprint density at radius 2 is 1.75 bits per heavy atom. The van der Waals surface area contributed by atoms with Gasteiger partial charge in [-0.25, -0.2) is 4.79 Å². The second-order valence-corrected chi connectivity index (χ2v) is 8.20. The van der Waals surface area contributed by atoms with Crippen molar-refractivity contribution in [2.24, 2.45) is 5.92 Å². The number of carbonyl (C=O) groups excluding carboxylic acids is 2. The zero-order chi connectivity index (χ0) is 20.7. The molecule has 2 saturated heterocycles. The number of alkyl halides is 3. The highest BCUT2D eigenvalue weighted by Crippen LogP contribution is 2.35. The van der Waals surface area contributed by atoms with Crippen molar-refractivity contribution in [3.05, 3.63) is 29.6 Å². The van der Waals surface area contributed by atoms with Gasteiger partial charge in [-0.3, -0.25) is 14.7 Å². The van der Waals surface area contributed by atoms with Gasteiger partial charge in [-0.15, -0.1) is 0 Å². The monoisotopic (exact) mass is 400 g/mol. The summed E-state index contributed by atoms with van der Waals surface area (Å²) < 4.78 is 49.0. The molecule has 0 saturated carbocycles. The first kappa shape index (κ1) is 20.6. The van der Waals surface area contributed by atoms with Crippen molar-refractivity contribution in [3.8, 4) is 0 Å². The average Bonchev–Trinajstić information content (AvgIpc) is 2.57. The number of rotatable bonds is 2. The van der Waals surface area contributed by atoms with E-state index in [0.717, 1.165) is 12.1 Å². The van der Waals surface area contributed by atoms with Gasteiger partial charge in [0.1, 0.15) is 11.3 Å². The van der Waals surface area contributed by atoms with E-state index >= 15 is 0 Å². The number of halogens is 3. The zero-order valence-electron chi connectivity index (χ0n) is 16.0. The van der Waals surface area contributed by atoms with Crippen LogP contribution in [0.5, 0.6) is 0 Å². The van der Waals surface area contributed by atoms with Crippen LogP contribution < -0.4 is 0 Å². The molecule has 2 aliphatic heterocycles. The summed E-state index contributed by atoms with van der Waals surface area (Å²) in [4.78, 5) is 30.7. The molecular formula is C19H23F3N2O4. The van der Waals surface area contributed by atoms with Crippen molar-refractivity contribution in [3.63, 3.8) is 0 Å². The van der Waals surface area contributed by atoms with Crippen molar-refractivity contribution >= 4 is 11.9 Å². The van der Waals surface area contributed by atoms with Crippen LogP contribution in [0.3, 0.4) is 0 Å². The van der Waals surface area contributed by atoms with Crippen molar-refractivity contribution in [1.29, 1.82) is 0 Å². The number of nitrogens with zero attached hydrogens (tertiary/aromatic N) is 2. The maximum Gasteiger partial charge on any atom is 0.417 e. The number of amides is 1. The van der Waals surface area contributed by atoms with Crippen LogP contribution in [0.1, 0.15) is 49.7 Å². The van der Waals surface area contributed by atoms with Gasteiger partial charge in [-0.05, 0) is 45.7 Å². The van der Waals surface area contributed by atoms with Crippen LogP contribution in [0.2, 0.25) is 0 Å². The molecule has 3 rings (SSSR count). The SMILES string of the molecule is CC(C)(C)OC(=O)N1C2COCC1CC(C(=O)c1ccc(C(F)(F)F)cn1)C2. The predicted octanol–water partition coefficient (Wildman–Crippen LogP) is 3.70. The topological polar surface area (TPSA) is 68.7 Å². The fraction of sp³-hybridized carbons (Fsp3) is 0.632. The number of hydrogen-bond acceptors (Lipinski definition) is 5. The van der Waals surface area contributed by atoms with E-state index in [4.69, 9.17) is 9.47 Å². The molecule has 1 aromatic rings. The number of fused-ring (bicyclic) bond motifs is 2. The van der Waals surface area contributed by atoms with Gasteiger partial charge in [0.15, 0.2) is 5.78 Å². The number of carbonyl (C=O) groups is 2. The molecule has 2 bridgehead atoms. The quantitative estimate of drug-likeness (QED) is 0.708. The van der Waals surface area contributed by atoms with Gasteiger partial charge in [0, 0.05) is 12.1 Å². The molecule has 6 nitrogen and oxygen atoms in total. The standard InChI is InChI=1S/C19H23F3N2O4/c1-18(2,3)28-17(26)24-13-6-11(7-14(24)10-27-9-13)16(25)15-5-4-12(8-23-15)19(20,21)22/h4-5,8,11,13-14H,6-7,9-10H2,1-3H3. The van der Waals surface area contributed by atoms with Crippen LogP contribution in [0, 0.1) is 5.92 Å². The Balaban J connectivity index is 1.73. The van der Waals surface area contributed by atoms with Crippen LogP contribution in [0.15, 0.2) is 18.3 Å². The number of ketones is 1. The van der Waals surface area contributed by atoms with Gasteiger partial charge < -0.3 is 9.47 Å². The molecule has 9 heteroatoms. The lowest BCUT2D eigenvalue weighted by molar-refractivity contribution is -0.137. The number of morpholine rings is 1. The Bertz CT molecular complexity index is 729. The summed E-state index contributed by atoms with van der Waals surface area (Å²) in [6.07, 6.45) is -3.55. The van der Waals surface area contributed by atoms with Crippen molar-refractivity contribution in [2.45, 2.75) is 57.5 Å². The number of Topliss-reactive ketones (excluding diaryl/α,β-unsaturated/α-hetero) is 1. The first-order chi connectivity index (χ1) is 13.0. The molecule has 2 atom stereocenters. The summed E-state index contributed by atoms with van der Waals surface area (Å²) in [6, 6.07) is 1.34. The Morgan fingerprint density at radius 3 is 2.21 bits per heavy atom. The lowest BCUT2D eigenvalue weighted by atomic mass is 9.81. The minimum atomic E-state index is -4.50. The van der Waals surface area contributed by atoms with Crippen molar-refractivity contribution in [1.82, 2.24) is 9.88 Å². The van der Waals surface area contributed by atoms with E-state index in [2.05, 4.69) is 4.98 Å². The van der Waals surface area contributed by atoms with E-state index in [0.29, 0.717) is 32.3 Å². The van der Waals surface area contributed by atoms with Crippen molar-refractivity contribution < 1.29 is 32.2 Å². The van der Waals surface area contributed by atoms with Gasteiger partial charge in [0.2, 0.25) is 0 Å². The molecule has 3 heterocycles. The molecule has 1 aromatic heterocycles. The summed E-state index contributed by atoms with van der Waals surface area (Å²) in [5, 5.41) is 0. The third kappa shape index (κ3) is 4.45. The summed E-state index contributed by atoms with van der Waals surface area (Å²) >= 11 is 0. The summed E-state index contributed by atoms with van der Waals surface area (Å²) in [5.41, 5.74) is -1.53. The normalized spacial score (nSPS) is 25.4. The molecule has 154 valence electrons. The highest BCUT2D eigenvalue weighted by molar-refractivity contribution is 5.96. The minimum Gasteiger partial charge on any atom is -0.444 e. The number of ether oxygens (including phenoxy) is 2. The summed E-state index contributed by atoms with van der Waals surface area (Å²) in [5.74, 6) is -0.740.